The Morgan fingerprint density at radius 3 is 2.69 bits per heavy atom. The van der Waals surface area contributed by atoms with E-state index in [2.05, 4.69) is 30.8 Å². The number of amides is 2. The molecular formula is C23H23FN6O2. The maximum atomic E-state index is 13.8. The Morgan fingerprint density at radius 1 is 1.12 bits per heavy atom. The average molecular weight is 434 g/mol. The summed E-state index contributed by atoms with van der Waals surface area (Å²) in [6.45, 7) is 1.84. The highest BCUT2D eigenvalue weighted by molar-refractivity contribution is 5.93. The highest BCUT2D eigenvalue weighted by Crippen LogP contribution is 2.43. The second-order valence-corrected chi connectivity index (χ2v) is 7.89. The molecule has 0 saturated heterocycles. The van der Waals surface area contributed by atoms with Gasteiger partial charge in [-0.2, -0.15) is 10.2 Å². The lowest BCUT2D eigenvalue weighted by Crippen LogP contribution is -2.19. The standard InChI is InChI=1S/C23H23FN6O2/c1-14-18(11-17(13-27-14)29-21(31)3-5-23(24)6-7-23)19-10-16(12-28-30-19)15-4-8-26-20(9-15)22(32)25-2/h4,8-13H,3,5-7H2,1-2H3,(H,25,32)(H,29,31). The first-order valence-electron chi connectivity index (χ1n) is 10.3. The van der Waals surface area contributed by atoms with Crippen LogP contribution in [0.15, 0.2) is 42.9 Å². The third-order valence-corrected chi connectivity index (χ3v) is 5.45. The molecule has 1 aliphatic rings. The van der Waals surface area contributed by atoms with Gasteiger partial charge >= 0.3 is 0 Å². The van der Waals surface area contributed by atoms with Crippen LogP contribution >= 0.6 is 0 Å². The molecule has 0 bridgehead atoms. The zero-order chi connectivity index (χ0) is 22.7. The first-order valence-corrected chi connectivity index (χ1v) is 10.3. The third kappa shape index (κ3) is 4.93. The molecule has 2 amide bonds. The largest absolute Gasteiger partial charge is 0.354 e. The second-order valence-electron chi connectivity index (χ2n) is 7.89. The van der Waals surface area contributed by atoms with Gasteiger partial charge < -0.3 is 10.6 Å². The number of hydrogen-bond acceptors (Lipinski definition) is 6. The molecule has 4 rings (SSSR count). The van der Waals surface area contributed by atoms with Crippen molar-refractivity contribution in [3.63, 3.8) is 0 Å². The fourth-order valence-electron chi connectivity index (χ4n) is 3.33. The van der Waals surface area contributed by atoms with Crippen molar-refractivity contribution < 1.29 is 14.0 Å². The normalized spacial score (nSPS) is 14.0. The molecule has 1 aliphatic carbocycles. The Balaban J connectivity index is 1.57. The zero-order valence-electron chi connectivity index (χ0n) is 17.9. The number of hydrogen-bond donors (Lipinski definition) is 2. The molecule has 32 heavy (non-hydrogen) atoms. The lowest BCUT2D eigenvalue weighted by Gasteiger charge is -2.11. The zero-order valence-corrected chi connectivity index (χ0v) is 17.9. The molecule has 164 valence electrons. The molecule has 9 heteroatoms. The number of nitrogens with one attached hydrogen (secondary N) is 2. The molecule has 3 aromatic rings. The number of pyridine rings is 2. The minimum Gasteiger partial charge on any atom is -0.354 e. The predicted molar refractivity (Wildman–Crippen MR) is 118 cm³/mol. The Bertz CT molecular complexity index is 1180. The highest BCUT2D eigenvalue weighted by Gasteiger charge is 2.42. The lowest BCUT2D eigenvalue weighted by atomic mass is 10.0. The van der Waals surface area contributed by atoms with Gasteiger partial charge in [0.25, 0.3) is 5.91 Å². The van der Waals surface area contributed by atoms with E-state index in [0.29, 0.717) is 35.5 Å². The maximum Gasteiger partial charge on any atom is 0.269 e. The Labute approximate surface area is 184 Å². The molecule has 3 aromatic heterocycles. The van der Waals surface area contributed by atoms with Crippen LogP contribution < -0.4 is 10.6 Å². The number of anilines is 1. The molecule has 8 nitrogen and oxygen atoms in total. The van der Waals surface area contributed by atoms with Crippen molar-refractivity contribution in [2.45, 2.75) is 38.3 Å². The van der Waals surface area contributed by atoms with E-state index < -0.39 is 5.67 Å². The van der Waals surface area contributed by atoms with Crippen LogP contribution in [0.4, 0.5) is 10.1 Å². The van der Waals surface area contributed by atoms with Gasteiger partial charge in [0.1, 0.15) is 11.4 Å². The van der Waals surface area contributed by atoms with Crippen molar-refractivity contribution in [2.75, 3.05) is 12.4 Å². The number of aromatic nitrogens is 4. The number of carbonyl (C=O) groups excluding carboxylic acids is 2. The molecule has 0 radical (unpaired) electrons. The summed E-state index contributed by atoms with van der Waals surface area (Å²) >= 11 is 0. The predicted octanol–water partition coefficient (Wildman–Crippen LogP) is 3.49. The van der Waals surface area contributed by atoms with Crippen molar-refractivity contribution in [1.82, 2.24) is 25.5 Å². The van der Waals surface area contributed by atoms with Gasteiger partial charge in [-0.15, -0.1) is 0 Å². The Morgan fingerprint density at radius 2 is 1.94 bits per heavy atom. The van der Waals surface area contributed by atoms with Gasteiger partial charge in [0.15, 0.2) is 0 Å². The van der Waals surface area contributed by atoms with Crippen LogP contribution in [-0.4, -0.2) is 44.7 Å². The van der Waals surface area contributed by atoms with Crippen LogP contribution in [0.5, 0.6) is 0 Å². The van der Waals surface area contributed by atoms with Gasteiger partial charge in [0, 0.05) is 36.5 Å². The van der Waals surface area contributed by atoms with Crippen molar-refractivity contribution in [3.05, 3.63) is 54.2 Å². The van der Waals surface area contributed by atoms with E-state index in [-0.39, 0.29) is 24.7 Å². The highest BCUT2D eigenvalue weighted by atomic mass is 19.1. The van der Waals surface area contributed by atoms with E-state index in [4.69, 9.17) is 0 Å². The molecule has 0 unspecified atom stereocenters. The summed E-state index contributed by atoms with van der Waals surface area (Å²) in [5.74, 6) is -0.526. The van der Waals surface area contributed by atoms with Crippen LogP contribution in [0.25, 0.3) is 22.4 Å². The van der Waals surface area contributed by atoms with Crippen LogP contribution in [0, 0.1) is 6.92 Å². The van der Waals surface area contributed by atoms with Gasteiger partial charge in [0.2, 0.25) is 5.91 Å². The number of carbonyl (C=O) groups is 2. The molecule has 1 fully saturated rings. The summed E-state index contributed by atoms with van der Waals surface area (Å²) in [6, 6.07) is 7.08. The van der Waals surface area contributed by atoms with Crippen molar-refractivity contribution >= 4 is 17.5 Å². The number of alkyl halides is 1. The van der Waals surface area contributed by atoms with Crippen molar-refractivity contribution in [3.8, 4) is 22.4 Å². The fraction of sp³-hybridized carbons (Fsp3) is 0.304. The molecule has 2 N–H and O–H groups in total. The Hall–Kier alpha value is -3.75. The third-order valence-electron chi connectivity index (χ3n) is 5.45. The average Bonchev–Trinajstić information content (AvgIpc) is 3.56. The molecule has 0 aliphatic heterocycles. The minimum absolute atomic E-state index is 0.130. The number of aryl methyl sites for hydroxylation is 1. The monoisotopic (exact) mass is 434 g/mol. The quantitative estimate of drug-likeness (QED) is 0.589. The van der Waals surface area contributed by atoms with Gasteiger partial charge in [-0.05, 0) is 56.0 Å². The number of nitrogens with zero attached hydrogens (tertiary/aromatic N) is 4. The van der Waals surface area contributed by atoms with Gasteiger partial charge in [-0.25, -0.2) is 4.39 Å². The van der Waals surface area contributed by atoms with E-state index >= 15 is 0 Å². The van der Waals surface area contributed by atoms with Crippen LogP contribution in [-0.2, 0) is 4.79 Å². The van der Waals surface area contributed by atoms with E-state index in [1.165, 1.54) is 0 Å². The van der Waals surface area contributed by atoms with Crippen LogP contribution in [0.2, 0.25) is 0 Å². The Kier molecular flexibility index (Phi) is 5.89. The van der Waals surface area contributed by atoms with Crippen molar-refractivity contribution in [1.29, 1.82) is 0 Å². The van der Waals surface area contributed by atoms with Crippen LogP contribution in [0.1, 0.15) is 41.9 Å². The summed E-state index contributed by atoms with van der Waals surface area (Å²) in [5.41, 5.74) is 3.18. The van der Waals surface area contributed by atoms with E-state index in [9.17, 15) is 14.0 Å². The molecule has 0 atom stereocenters. The SMILES string of the molecule is CNC(=O)c1cc(-c2cnnc(-c3cc(NC(=O)CCC4(F)CC4)cnc3C)c2)ccn1. The van der Waals surface area contributed by atoms with Gasteiger partial charge in [-0.1, -0.05) is 0 Å². The summed E-state index contributed by atoms with van der Waals surface area (Å²) in [4.78, 5) is 32.5. The molecular weight excluding hydrogens is 411 g/mol. The van der Waals surface area contributed by atoms with Crippen molar-refractivity contribution in [2.24, 2.45) is 0 Å². The topological polar surface area (TPSA) is 110 Å². The summed E-state index contributed by atoms with van der Waals surface area (Å²) in [5, 5.41) is 13.7. The molecule has 0 aromatic carbocycles. The molecule has 1 saturated carbocycles. The first kappa shape index (κ1) is 21.5. The van der Waals surface area contributed by atoms with Gasteiger partial charge in [-0.3, -0.25) is 19.6 Å². The first-order chi connectivity index (χ1) is 15.4. The second kappa shape index (κ2) is 8.78. The number of rotatable bonds is 7. The van der Waals surface area contributed by atoms with E-state index in [0.717, 1.165) is 16.8 Å². The maximum absolute atomic E-state index is 13.8. The summed E-state index contributed by atoms with van der Waals surface area (Å²) in [7, 11) is 1.55. The molecule has 0 spiro atoms. The summed E-state index contributed by atoms with van der Waals surface area (Å²) < 4.78 is 13.8. The summed E-state index contributed by atoms with van der Waals surface area (Å²) in [6.07, 6.45) is 6.17. The molecule has 3 heterocycles. The minimum atomic E-state index is -1.16. The van der Waals surface area contributed by atoms with Crippen LogP contribution in [0.3, 0.4) is 0 Å². The fourth-order valence-corrected chi connectivity index (χ4v) is 3.33. The van der Waals surface area contributed by atoms with E-state index in [1.54, 1.807) is 43.8 Å². The van der Waals surface area contributed by atoms with E-state index in [1.807, 2.05) is 13.0 Å². The van der Waals surface area contributed by atoms with Gasteiger partial charge in [0.05, 0.1) is 23.8 Å². The smallest absolute Gasteiger partial charge is 0.269 e. The lowest BCUT2D eigenvalue weighted by molar-refractivity contribution is -0.116. The number of halogens is 1.